The van der Waals surface area contributed by atoms with E-state index in [4.69, 9.17) is 4.74 Å². The molecule has 0 radical (unpaired) electrons. The van der Waals surface area contributed by atoms with E-state index in [1.165, 1.54) is 16.7 Å². The average molecular weight is 412 g/mol. The molecule has 0 aromatic heterocycles. The SMILES string of the molecule is CCCOc1ccccc1N1C(=O)C(SCCO)=C(c2ccc(C)c(C)c2)C1=O. The van der Waals surface area contributed by atoms with Crippen LogP contribution in [-0.2, 0) is 9.59 Å². The van der Waals surface area contributed by atoms with Crippen LogP contribution < -0.4 is 9.64 Å². The summed E-state index contributed by atoms with van der Waals surface area (Å²) in [7, 11) is 0. The molecule has 0 bridgehead atoms. The summed E-state index contributed by atoms with van der Waals surface area (Å²) in [5.41, 5.74) is 3.69. The molecule has 1 aliphatic heterocycles. The number of aryl methyl sites for hydroxylation is 2. The highest BCUT2D eigenvalue weighted by atomic mass is 32.2. The van der Waals surface area contributed by atoms with Gasteiger partial charge < -0.3 is 9.84 Å². The van der Waals surface area contributed by atoms with Crippen LogP contribution in [0.5, 0.6) is 5.75 Å². The lowest BCUT2D eigenvalue weighted by molar-refractivity contribution is -0.119. The summed E-state index contributed by atoms with van der Waals surface area (Å²) < 4.78 is 5.78. The maximum absolute atomic E-state index is 13.4. The van der Waals surface area contributed by atoms with Gasteiger partial charge in [0.2, 0.25) is 0 Å². The Hall–Kier alpha value is -2.57. The zero-order valence-corrected chi connectivity index (χ0v) is 17.7. The van der Waals surface area contributed by atoms with Crippen LogP contribution in [0.15, 0.2) is 47.4 Å². The van der Waals surface area contributed by atoms with Gasteiger partial charge in [-0.15, -0.1) is 11.8 Å². The van der Waals surface area contributed by atoms with E-state index in [0.29, 0.717) is 39.8 Å². The number of thioether (sulfide) groups is 1. The van der Waals surface area contributed by atoms with Crippen molar-refractivity contribution in [3.8, 4) is 5.75 Å². The second-order valence-electron chi connectivity index (χ2n) is 6.84. The number of rotatable bonds is 8. The molecule has 2 aromatic rings. The minimum atomic E-state index is -0.380. The summed E-state index contributed by atoms with van der Waals surface area (Å²) in [5.74, 6) is 0.0919. The molecule has 0 unspecified atom stereocenters. The number of carbonyl (C=O) groups excluding carboxylic acids is 2. The Morgan fingerprint density at radius 1 is 1.03 bits per heavy atom. The molecular formula is C23H25NO4S. The second-order valence-corrected chi connectivity index (χ2v) is 7.94. The minimum absolute atomic E-state index is 0.0773. The second kappa shape index (κ2) is 9.29. The number of aliphatic hydroxyl groups is 1. The Kier molecular flexibility index (Phi) is 6.77. The van der Waals surface area contributed by atoms with Crippen molar-refractivity contribution >= 4 is 34.8 Å². The summed E-state index contributed by atoms with van der Waals surface area (Å²) in [6.07, 6.45) is 0.819. The smallest absolute Gasteiger partial charge is 0.272 e. The van der Waals surface area contributed by atoms with Crippen LogP contribution in [0, 0.1) is 13.8 Å². The van der Waals surface area contributed by atoms with Gasteiger partial charge in [0.05, 0.1) is 29.4 Å². The Labute approximate surface area is 175 Å². The van der Waals surface area contributed by atoms with E-state index in [1.807, 2.05) is 45.0 Å². The average Bonchev–Trinajstić information content (AvgIpc) is 2.96. The van der Waals surface area contributed by atoms with Crippen molar-refractivity contribution < 1.29 is 19.4 Å². The van der Waals surface area contributed by atoms with Crippen molar-refractivity contribution in [3.63, 3.8) is 0 Å². The summed E-state index contributed by atoms with van der Waals surface area (Å²) >= 11 is 1.21. The first-order valence-corrected chi connectivity index (χ1v) is 10.6. The van der Waals surface area contributed by atoms with E-state index in [0.717, 1.165) is 17.5 Å². The number of anilines is 1. The van der Waals surface area contributed by atoms with Crippen LogP contribution in [0.4, 0.5) is 5.69 Å². The minimum Gasteiger partial charge on any atom is -0.491 e. The van der Waals surface area contributed by atoms with Gasteiger partial charge in [0.15, 0.2) is 0 Å². The molecular weight excluding hydrogens is 386 g/mol. The van der Waals surface area contributed by atoms with E-state index in [1.54, 1.807) is 18.2 Å². The van der Waals surface area contributed by atoms with Crippen molar-refractivity contribution in [2.45, 2.75) is 27.2 Å². The van der Waals surface area contributed by atoms with E-state index < -0.39 is 0 Å². The van der Waals surface area contributed by atoms with Gasteiger partial charge in [0, 0.05) is 5.75 Å². The number of hydrogen-bond donors (Lipinski definition) is 1. The summed E-state index contributed by atoms with van der Waals surface area (Å²) in [5, 5.41) is 9.27. The summed E-state index contributed by atoms with van der Waals surface area (Å²) in [4.78, 5) is 28.3. The van der Waals surface area contributed by atoms with Crippen LogP contribution in [0.3, 0.4) is 0 Å². The maximum Gasteiger partial charge on any atom is 0.272 e. The molecule has 152 valence electrons. The molecule has 1 N–H and O–H groups in total. The van der Waals surface area contributed by atoms with Crippen LogP contribution in [0.2, 0.25) is 0 Å². The third-order valence-corrected chi connectivity index (χ3v) is 5.80. The molecule has 2 amide bonds. The fourth-order valence-electron chi connectivity index (χ4n) is 3.14. The third kappa shape index (κ3) is 4.23. The number of hydrogen-bond acceptors (Lipinski definition) is 5. The molecule has 6 heteroatoms. The Balaban J connectivity index is 2.08. The molecule has 0 saturated heterocycles. The molecule has 29 heavy (non-hydrogen) atoms. The Bertz CT molecular complexity index is 967. The number of nitrogens with zero attached hydrogens (tertiary/aromatic N) is 1. The molecule has 1 heterocycles. The van der Waals surface area contributed by atoms with Crippen molar-refractivity contribution in [3.05, 3.63) is 64.1 Å². The van der Waals surface area contributed by atoms with Crippen LogP contribution >= 0.6 is 11.8 Å². The van der Waals surface area contributed by atoms with Crippen molar-refractivity contribution in [2.24, 2.45) is 0 Å². The number of ether oxygens (including phenoxy) is 1. The number of carbonyl (C=O) groups is 2. The monoisotopic (exact) mass is 411 g/mol. The topological polar surface area (TPSA) is 66.8 Å². The van der Waals surface area contributed by atoms with Crippen molar-refractivity contribution in [1.82, 2.24) is 0 Å². The van der Waals surface area contributed by atoms with E-state index in [9.17, 15) is 14.7 Å². The predicted octanol–water partition coefficient (Wildman–Crippen LogP) is 4.10. The first-order valence-electron chi connectivity index (χ1n) is 9.65. The van der Waals surface area contributed by atoms with Gasteiger partial charge in [-0.05, 0) is 49.1 Å². The zero-order valence-electron chi connectivity index (χ0n) is 16.9. The number of amides is 2. The fourth-order valence-corrected chi connectivity index (χ4v) is 4.00. The van der Waals surface area contributed by atoms with Crippen molar-refractivity contribution in [1.29, 1.82) is 0 Å². The number of aliphatic hydroxyl groups excluding tert-OH is 1. The molecule has 0 atom stereocenters. The van der Waals surface area contributed by atoms with Crippen LogP contribution in [0.25, 0.3) is 5.57 Å². The molecule has 5 nitrogen and oxygen atoms in total. The molecule has 3 rings (SSSR count). The first kappa shape index (κ1) is 21.1. The summed E-state index contributed by atoms with van der Waals surface area (Å²) in [6, 6.07) is 12.8. The van der Waals surface area contributed by atoms with Crippen LogP contribution in [-0.4, -0.2) is 35.9 Å². The number of imide groups is 1. The molecule has 0 fully saturated rings. The highest BCUT2D eigenvalue weighted by Gasteiger charge is 2.41. The standard InChI is InChI=1S/C23H25NO4S/c1-4-12-28-19-8-6-5-7-18(19)24-22(26)20(21(23(24)27)29-13-11-25)17-10-9-15(2)16(3)14-17/h5-10,14,25H,4,11-13H2,1-3H3. The highest BCUT2D eigenvalue weighted by Crippen LogP contribution is 2.41. The van der Waals surface area contributed by atoms with Crippen molar-refractivity contribution in [2.75, 3.05) is 23.9 Å². The molecule has 2 aromatic carbocycles. The lowest BCUT2D eigenvalue weighted by atomic mass is 10.0. The normalized spacial score (nSPS) is 14.1. The summed E-state index contributed by atoms with van der Waals surface area (Å²) in [6.45, 7) is 6.40. The molecule has 0 spiro atoms. The highest BCUT2D eigenvalue weighted by molar-refractivity contribution is 8.04. The Morgan fingerprint density at radius 3 is 2.48 bits per heavy atom. The molecule has 0 saturated carbocycles. The number of para-hydroxylation sites is 2. The molecule has 1 aliphatic rings. The Morgan fingerprint density at radius 2 is 1.79 bits per heavy atom. The van der Waals surface area contributed by atoms with Gasteiger partial charge in [-0.3, -0.25) is 9.59 Å². The van der Waals surface area contributed by atoms with E-state index in [2.05, 4.69) is 0 Å². The first-order chi connectivity index (χ1) is 14.0. The van der Waals surface area contributed by atoms with E-state index >= 15 is 0 Å². The van der Waals surface area contributed by atoms with E-state index in [-0.39, 0.29) is 18.4 Å². The molecule has 0 aliphatic carbocycles. The van der Waals surface area contributed by atoms with Gasteiger partial charge in [-0.1, -0.05) is 37.3 Å². The van der Waals surface area contributed by atoms with Gasteiger partial charge in [-0.25, -0.2) is 4.90 Å². The lowest BCUT2D eigenvalue weighted by Gasteiger charge is -2.19. The van der Waals surface area contributed by atoms with Crippen LogP contribution in [0.1, 0.15) is 30.0 Å². The third-order valence-electron chi connectivity index (χ3n) is 4.74. The van der Waals surface area contributed by atoms with Gasteiger partial charge in [-0.2, -0.15) is 0 Å². The zero-order chi connectivity index (χ0) is 21.0. The van der Waals surface area contributed by atoms with Gasteiger partial charge in [0.25, 0.3) is 11.8 Å². The fraction of sp³-hybridized carbons (Fsp3) is 0.304. The lowest BCUT2D eigenvalue weighted by Crippen LogP contribution is -2.31. The predicted molar refractivity (Wildman–Crippen MR) is 117 cm³/mol. The number of benzene rings is 2. The van der Waals surface area contributed by atoms with Gasteiger partial charge >= 0.3 is 0 Å². The van der Waals surface area contributed by atoms with Gasteiger partial charge in [0.1, 0.15) is 5.75 Å². The maximum atomic E-state index is 13.4. The largest absolute Gasteiger partial charge is 0.491 e. The quantitative estimate of drug-likeness (QED) is 0.663.